The molecule has 6 heteroatoms. The molecule has 0 aliphatic carbocycles. The van der Waals surface area contributed by atoms with E-state index in [1.165, 1.54) is 0 Å². The van der Waals surface area contributed by atoms with Gasteiger partial charge in [-0.3, -0.25) is 4.79 Å². The molecule has 0 bridgehead atoms. The lowest BCUT2D eigenvalue weighted by Crippen LogP contribution is -2.27. The van der Waals surface area contributed by atoms with Crippen molar-refractivity contribution in [2.75, 3.05) is 20.1 Å². The van der Waals surface area contributed by atoms with Crippen LogP contribution in [-0.2, 0) is 5.75 Å². The first-order valence-electron chi connectivity index (χ1n) is 8.36. The Morgan fingerprint density at radius 3 is 2.76 bits per heavy atom. The minimum Gasteiger partial charge on any atom is -0.352 e. The summed E-state index contributed by atoms with van der Waals surface area (Å²) >= 11 is 1.61. The van der Waals surface area contributed by atoms with Gasteiger partial charge in [-0.2, -0.15) is 0 Å². The van der Waals surface area contributed by atoms with Crippen LogP contribution < -0.4 is 10.6 Å². The van der Waals surface area contributed by atoms with Gasteiger partial charge in [-0.05, 0) is 43.8 Å². The number of nitrogens with one attached hydrogen (secondary N) is 3. The molecule has 1 aromatic heterocycles. The molecule has 0 saturated carbocycles. The van der Waals surface area contributed by atoms with E-state index in [9.17, 15) is 4.79 Å². The highest BCUT2D eigenvalue weighted by Crippen LogP contribution is 2.24. The quantitative estimate of drug-likeness (QED) is 0.429. The van der Waals surface area contributed by atoms with Gasteiger partial charge in [0.15, 0.2) is 5.16 Å². The normalized spacial score (nSPS) is 10.9. The molecule has 1 amide bonds. The number of aromatic amines is 1. The lowest BCUT2D eigenvalue weighted by Gasteiger charge is -2.09. The monoisotopic (exact) mass is 354 g/mol. The van der Waals surface area contributed by atoms with Crippen LogP contribution in [0.4, 0.5) is 0 Å². The van der Waals surface area contributed by atoms with Gasteiger partial charge in [0.2, 0.25) is 0 Å². The van der Waals surface area contributed by atoms with Crippen LogP contribution in [0.15, 0.2) is 53.7 Å². The van der Waals surface area contributed by atoms with Crippen molar-refractivity contribution < 1.29 is 4.79 Å². The largest absolute Gasteiger partial charge is 0.352 e. The van der Waals surface area contributed by atoms with Crippen LogP contribution in [0, 0.1) is 0 Å². The van der Waals surface area contributed by atoms with E-state index in [-0.39, 0.29) is 5.91 Å². The number of carbonyl (C=O) groups is 1. The standard InChI is InChI=1S/C19H22N4OS/c1-20-11-6-12-21-18(24)15-8-3-2-7-14(15)13-25-19-22-16-9-4-5-10-17(16)23-19/h2-5,7-10,20H,6,11-13H2,1H3,(H,21,24)(H,22,23). The summed E-state index contributed by atoms with van der Waals surface area (Å²) in [5.74, 6) is 0.678. The summed E-state index contributed by atoms with van der Waals surface area (Å²) in [6, 6.07) is 15.7. The highest BCUT2D eigenvalue weighted by atomic mass is 32.2. The van der Waals surface area contributed by atoms with Crippen molar-refractivity contribution in [1.29, 1.82) is 0 Å². The molecule has 3 N–H and O–H groups in total. The minimum atomic E-state index is -0.0168. The maximum atomic E-state index is 12.4. The fourth-order valence-corrected chi connectivity index (χ4v) is 3.46. The first kappa shape index (κ1) is 17.5. The number of aromatic nitrogens is 2. The predicted molar refractivity (Wildman–Crippen MR) is 103 cm³/mol. The molecular weight excluding hydrogens is 332 g/mol. The second-order valence-electron chi connectivity index (χ2n) is 5.72. The van der Waals surface area contributed by atoms with Gasteiger partial charge in [-0.15, -0.1) is 0 Å². The average molecular weight is 354 g/mol. The van der Waals surface area contributed by atoms with E-state index < -0.39 is 0 Å². The van der Waals surface area contributed by atoms with Crippen molar-refractivity contribution in [3.8, 4) is 0 Å². The number of thioether (sulfide) groups is 1. The van der Waals surface area contributed by atoms with Crippen molar-refractivity contribution in [3.05, 3.63) is 59.7 Å². The van der Waals surface area contributed by atoms with E-state index >= 15 is 0 Å². The maximum Gasteiger partial charge on any atom is 0.251 e. The topological polar surface area (TPSA) is 69.8 Å². The number of hydrogen-bond donors (Lipinski definition) is 3. The lowest BCUT2D eigenvalue weighted by molar-refractivity contribution is 0.0952. The first-order chi connectivity index (χ1) is 12.3. The zero-order chi connectivity index (χ0) is 17.5. The Bertz CT molecular complexity index is 813. The third-order valence-electron chi connectivity index (χ3n) is 3.88. The Labute approximate surface area is 151 Å². The molecule has 0 radical (unpaired) electrons. The Morgan fingerprint density at radius 2 is 1.92 bits per heavy atom. The van der Waals surface area contributed by atoms with Crippen LogP contribution in [0.25, 0.3) is 11.0 Å². The molecule has 0 atom stereocenters. The number of para-hydroxylation sites is 2. The summed E-state index contributed by atoms with van der Waals surface area (Å²) in [4.78, 5) is 20.3. The third-order valence-corrected chi connectivity index (χ3v) is 4.81. The van der Waals surface area contributed by atoms with E-state index in [2.05, 4.69) is 20.6 Å². The van der Waals surface area contributed by atoms with Crippen molar-refractivity contribution >= 4 is 28.7 Å². The molecule has 3 aromatic rings. The number of rotatable bonds is 8. The number of nitrogens with zero attached hydrogens (tertiary/aromatic N) is 1. The second-order valence-corrected chi connectivity index (χ2v) is 6.68. The minimum absolute atomic E-state index is 0.0168. The molecule has 0 fully saturated rings. The Morgan fingerprint density at radius 1 is 1.12 bits per heavy atom. The van der Waals surface area contributed by atoms with Gasteiger partial charge in [0.25, 0.3) is 5.91 Å². The van der Waals surface area contributed by atoms with E-state index in [4.69, 9.17) is 0 Å². The van der Waals surface area contributed by atoms with Crippen molar-refractivity contribution in [3.63, 3.8) is 0 Å². The molecule has 25 heavy (non-hydrogen) atoms. The zero-order valence-corrected chi connectivity index (χ0v) is 15.0. The van der Waals surface area contributed by atoms with Crippen LogP contribution in [-0.4, -0.2) is 36.0 Å². The van der Waals surface area contributed by atoms with E-state index in [0.717, 1.165) is 40.3 Å². The van der Waals surface area contributed by atoms with Gasteiger partial charge in [-0.25, -0.2) is 4.98 Å². The second kappa shape index (κ2) is 8.69. The molecule has 0 saturated heterocycles. The molecule has 0 aliphatic rings. The molecular formula is C19H22N4OS. The fraction of sp³-hybridized carbons (Fsp3) is 0.263. The number of amides is 1. The summed E-state index contributed by atoms with van der Waals surface area (Å²) in [6.45, 7) is 1.56. The molecule has 3 rings (SSSR count). The Balaban J connectivity index is 1.65. The fourth-order valence-electron chi connectivity index (χ4n) is 2.57. The molecule has 0 aliphatic heterocycles. The van der Waals surface area contributed by atoms with Crippen molar-refractivity contribution in [2.45, 2.75) is 17.3 Å². The third kappa shape index (κ3) is 4.61. The van der Waals surface area contributed by atoms with Gasteiger partial charge in [-0.1, -0.05) is 42.1 Å². The smallest absolute Gasteiger partial charge is 0.251 e. The van der Waals surface area contributed by atoms with Crippen molar-refractivity contribution in [1.82, 2.24) is 20.6 Å². The van der Waals surface area contributed by atoms with Gasteiger partial charge < -0.3 is 15.6 Å². The van der Waals surface area contributed by atoms with Crippen LogP contribution >= 0.6 is 11.8 Å². The van der Waals surface area contributed by atoms with Gasteiger partial charge >= 0.3 is 0 Å². The molecule has 5 nitrogen and oxygen atoms in total. The summed E-state index contributed by atoms with van der Waals surface area (Å²) in [5.41, 5.74) is 3.73. The summed E-state index contributed by atoms with van der Waals surface area (Å²) in [6.07, 6.45) is 0.915. The molecule has 2 aromatic carbocycles. The lowest BCUT2D eigenvalue weighted by atomic mass is 10.1. The highest BCUT2D eigenvalue weighted by molar-refractivity contribution is 7.98. The summed E-state index contributed by atoms with van der Waals surface area (Å²) in [5, 5.41) is 6.93. The van der Waals surface area contributed by atoms with Crippen LogP contribution in [0.2, 0.25) is 0 Å². The van der Waals surface area contributed by atoms with Crippen molar-refractivity contribution in [2.24, 2.45) is 0 Å². The number of fused-ring (bicyclic) bond motifs is 1. The Kier molecular flexibility index (Phi) is 6.09. The predicted octanol–water partition coefficient (Wildman–Crippen LogP) is 3.19. The number of imidazole rings is 1. The number of H-pyrrole nitrogens is 1. The Hall–Kier alpha value is -2.31. The molecule has 0 spiro atoms. The van der Waals surface area contributed by atoms with Crippen LogP contribution in [0.5, 0.6) is 0 Å². The van der Waals surface area contributed by atoms with E-state index in [0.29, 0.717) is 12.3 Å². The molecule has 130 valence electrons. The summed E-state index contributed by atoms with van der Waals surface area (Å²) in [7, 11) is 1.91. The number of carbonyl (C=O) groups excluding carboxylic acids is 1. The first-order valence-corrected chi connectivity index (χ1v) is 9.35. The average Bonchev–Trinajstić information content (AvgIpc) is 3.06. The van der Waals surface area contributed by atoms with E-state index in [1.807, 2.05) is 55.6 Å². The number of benzene rings is 2. The van der Waals surface area contributed by atoms with Crippen LogP contribution in [0.1, 0.15) is 22.3 Å². The summed E-state index contributed by atoms with van der Waals surface area (Å²) < 4.78 is 0. The molecule has 0 unspecified atom stereocenters. The SMILES string of the molecule is CNCCCNC(=O)c1ccccc1CSc1nc2ccccc2[nH]1. The van der Waals surface area contributed by atoms with E-state index in [1.54, 1.807) is 11.8 Å². The van der Waals surface area contributed by atoms with Crippen LogP contribution in [0.3, 0.4) is 0 Å². The number of hydrogen-bond acceptors (Lipinski definition) is 4. The zero-order valence-electron chi connectivity index (χ0n) is 14.2. The maximum absolute atomic E-state index is 12.4. The molecule has 1 heterocycles. The van der Waals surface area contributed by atoms with Gasteiger partial charge in [0.1, 0.15) is 0 Å². The van der Waals surface area contributed by atoms with Gasteiger partial charge in [0.05, 0.1) is 11.0 Å². The van der Waals surface area contributed by atoms with Gasteiger partial charge in [0, 0.05) is 17.9 Å². The highest BCUT2D eigenvalue weighted by Gasteiger charge is 2.11.